The summed E-state index contributed by atoms with van der Waals surface area (Å²) in [7, 11) is 0. The van der Waals surface area contributed by atoms with Gasteiger partial charge in [0.2, 0.25) is 0 Å². The van der Waals surface area contributed by atoms with E-state index in [2.05, 4.69) is 10.3 Å². The molecule has 1 aromatic carbocycles. The zero-order valence-electron chi connectivity index (χ0n) is 15.1. The Hall–Kier alpha value is -3.24. The molecule has 0 aliphatic rings. The fraction of sp³-hybridized carbons (Fsp3) is 0.333. The molecule has 2 aromatic rings. The van der Waals surface area contributed by atoms with E-state index in [4.69, 9.17) is 4.74 Å². The number of aliphatic hydroxyl groups is 2. The summed E-state index contributed by atoms with van der Waals surface area (Å²) in [5, 5.41) is 33.8. The Morgan fingerprint density at radius 1 is 1.32 bits per heavy atom. The number of carbonyl (C=O) groups excluding carboxylic acids is 1. The van der Waals surface area contributed by atoms with E-state index in [0.29, 0.717) is 0 Å². The van der Waals surface area contributed by atoms with Gasteiger partial charge in [-0.2, -0.15) is 0 Å². The van der Waals surface area contributed by atoms with Gasteiger partial charge in [0, 0.05) is 23.9 Å². The Labute approximate surface area is 159 Å². The van der Waals surface area contributed by atoms with E-state index >= 15 is 0 Å². The number of nitro groups is 1. The van der Waals surface area contributed by atoms with Crippen molar-refractivity contribution >= 4 is 11.8 Å². The van der Waals surface area contributed by atoms with Gasteiger partial charge >= 0.3 is 17.3 Å². The van der Waals surface area contributed by atoms with Gasteiger partial charge in [-0.05, 0) is 18.9 Å². The maximum Gasteiger partial charge on any atom is 0.407 e. The summed E-state index contributed by atoms with van der Waals surface area (Å²) in [5.41, 5.74) is -0.758. The molecule has 150 valence electrons. The van der Waals surface area contributed by atoms with Crippen LogP contribution in [0.1, 0.15) is 29.2 Å². The average Bonchev–Trinajstić information content (AvgIpc) is 2.66. The number of alkyl carbamates (subject to hydrolysis) is 1. The molecule has 28 heavy (non-hydrogen) atoms. The van der Waals surface area contributed by atoms with Crippen LogP contribution in [0.3, 0.4) is 0 Å². The van der Waals surface area contributed by atoms with Crippen molar-refractivity contribution in [3.8, 4) is 0 Å². The highest BCUT2D eigenvalue weighted by atomic mass is 16.6. The largest absolute Gasteiger partial charge is 0.445 e. The number of carbonyl (C=O) groups is 1. The number of rotatable bonds is 8. The van der Waals surface area contributed by atoms with E-state index < -0.39 is 34.5 Å². The summed E-state index contributed by atoms with van der Waals surface area (Å²) in [4.78, 5) is 35.5. The molecule has 0 bridgehead atoms. The second kappa shape index (κ2) is 9.62. The van der Waals surface area contributed by atoms with Crippen molar-refractivity contribution in [3.05, 3.63) is 73.7 Å². The highest BCUT2D eigenvalue weighted by Crippen LogP contribution is 2.25. The predicted molar refractivity (Wildman–Crippen MR) is 98.7 cm³/mol. The lowest BCUT2D eigenvalue weighted by Crippen LogP contribution is -2.30. The van der Waals surface area contributed by atoms with Crippen molar-refractivity contribution in [2.24, 2.45) is 0 Å². The molecule has 10 nitrogen and oxygen atoms in total. The first-order valence-electron chi connectivity index (χ1n) is 8.48. The zero-order chi connectivity index (χ0) is 20.7. The van der Waals surface area contributed by atoms with Crippen molar-refractivity contribution in [3.63, 3.8) is 0 Å². The molecular formula is C18H21N3O7. The van der Waals surface area contributed by atoms with E-state index in [1.54, 1.807) is 12.1 Å². The summed E-state index contributed by atoms with van der Waals surface area (Å²) in [6.45, 7) is 1.42. The number of aliphatic hydroxyl groups excluding tert-OH is 2. The molecule has 0 spiro atoms. The van der Waals surface area contributed by atoms with Crippen LogP contribution in [0.15, 0.2) is 41.3 Å². The highest BCUT2D eigenvalue weighted by Gasteiger charge is 2.26. The molecule has 2 rings (SSSR count). The molecule has 1 amide bonds. The first-order valence-corrected chi connectivity index (χ1v) is 8.48. The van der Waals surface area contributed by atoms with Gasteiger partial charge in [0.05, 0.1) is 11.0 Å². The monoisotopic (exact) mass is 391 g/mol. The lowest BCUT2D eigenvalue weighted by atomic mass is 9.99. The third-order valence-corrected chi connectivity index (χ3v) is 4.15. The van der Waals surface area contributed by atoms with Crippen molar-refractivity contribution < 1.29 is 24.7 Å². The maximum absolute atomic E-state index is 11.7. The van der Waals surface area contributed by atoms with E-state index in [9.17, 15) is 29.9 Å². The molecule has 10 heteroatoms. The SMILES string of the molecule is Cc1c(C(O)C(O)CCNC(=O)OCc2ccccc2)c[nH]c(=O)c1[N+](=O)[O-]. The van der Waals surface area contributed by atoms with Crippen LogP contribution < -0.4 is 10.9 Å². The van der Waals surface area contributed by atoms with Crippen molar-refractivity contribution in [1.82, 2.24) is 10.3 Å². The van der Waals surface area contributed by atoms with Gasteiger partial charge in [0.1, 0.15) is 12.7 Å². The first-order chi connectivity index (χ1) is 13.3. The Morgan fingerprint density at radius 3 is 2.64 bits per heavy atom. The number of nitrogens with zero attached hydrogens (tertiary/aromatic N) is 1. The minimum Gasteiger partial charge on any atom is -0.445 e. The van der Waals surface area contributed by atoms with Crippen LogP contribution in [-0.4, -0.2) is 38.9 Å². The zero-order valence-corrected chi connectivity index (χ0v) is 15.1. The number of nitrogens with one attached hydrogen (secondary N) is 2. The minimum atomic E-state index is -1.47. The van der Waals surface area contributed by atoms with Crippen molar-refractivity contribution in [1.29, 1.82) is 0 Å². The van der Waals surface area contributed by atoms with E-state index in [1.807, 2.05) is 18.2 Å². The number of amides is 1. The maximum atomic E-state index is 11.7. The fourth-order valence-electron chi connectivity index (χ4n) is 2.62. The number of benzene rings is 1. The van der Waals surface area contributed by atoms with Gasteiger partial charge < -0.3 is 25.3 Å². The van der Waals surface area contributed by atoms with E-state index in [1.165, 1.54) is 6.92 Å². The molecule has 1 heterocycles. The van der Waals surface area contributed by atoms with Crippen LogP contribution in [0.5, 0.6) is 0 Å². The van der Waals surface area contributed by atoms with Crippen LogP contribution in [0.25, 0.3) is 0 Å². The van der Waals surface area contributed by atoms with Gasteiger partial charge in [0.25, 0.3) is 0 Å². The second-order valence-electron chi connectivity index (χ2n) is 6.09. The van der Waals surface area contributed by atoms with Crippen LogP contribution in [0, 0.1) is 17.0 Å². The lowest BCUT2D eigenvalue weighted by molar-refractivity contribution is -0.387. The lowest BCUT2D eigenvalue weighted by Gasteiger charge is -2.19. The molecular weight excluding hydrogens is 370 g/mol. The molecule has 0 aliphatic heterocycles. The van der Waals surface area contributed by atoms with Crippen molar-refractivity contribution in [2.45, 2.75) is 32.2 Å². The number of H-pyrrole nitrogens is 1. The van der Waals surface area contributed by atoms with Gasteiger partial charge in [0.15, 0.2) is 0 Å². The first kappa shape index (κ1) is 21.1. The second-order valence-corrected chi connectivity index (χ2v) is 6.09. The summed E-state index contributed by atoms with van der Waals surface area (Å²) in [5.74, 6) is 0. The number of pyridine rings is 1. The standard InChI is InChI=1S/C18H21N3O7/c1-11-13(9-20-17(24)15(11)21(26)27)16(23)14(22)7-8-19-18(25)28-10-12-5-3-2-4-6-12/h2-6,9,14,16,22-23H,7-8,10H2,1H3,(H,19,25)(H,20,24). The Bertz CT molecular complexity index is 882. The third-order valence-electron chi connectivity index (χ3n) is 4.15. The topological polar surface area (TPSA) is 155 Å². The smallest absolute Gasteiger partial charge is 0.407 e. The van der Waals surface area contributed by atoms with Gasteiger partial charge in [-0.1, -0.05) is 30.3 Å². The molecule has 0 saturated carbocycles. The van der Waals surface area contributed by atoms with Crippen LogP contribution >= 0.6 is 0 Å². The summed E-state index contributed by atoms with van der Waals surface area (Å²) in [6.07, 6.45) is -2.38. The van der Waals surface area contributed by atoms with Gasteiger partial charge in [-0.15, -0.1) is 0 Å². The highest BCUT2D eigenvalue weighted by molar-refractivity contribution is 5.67. The van der Waals surface area contributed by atoms with E-state index in [-0.39, 0.29) is 30.7 Å². The molecule has 0 saturated heterocycles. The third kappa shape index (κ3) is 5.38. The summed E-state index contributed by atoms with van der Waals surface area (Å²) < 4.78 is 5.02. The molecule has 0 fully saturated rings. The Morgan fingerprint density at radius 2 is 2.00 bits per heavy atom. The van der Waals surface area contributed by atoms with E-state index in [0.717, 1.165) is 11.8 Å². The molecule has 4 N–H and O–H groups in total. The average molecular weight is 391 g/mol. The minimum absolute atomic E-state index is 0.0103. The summed E-state index contributed by atoms with van der Waals surface area (Å²) >= 11 is 0. The van der Waals surface area contributed by atoms with Gasteiger partial charge in [-0.3, -0.25) is 14.9 Å². The number of ether oxygens (including phenoxy) is 1. The number of hydrogen-bond donors (Lipinski definition) is 4. The molecule has 0 aliphatic carbocycles. The number of hydrogen-bond acceptors (Lipinski definition) is 7. The molecule has 2 unspecified atom stereocenters. The quantitative estimate of drug-likeness (QED) is 0.390. The molecule has 1 aromatic heterocycles. The fourth-order valence-corrected chi connectivity index (χ4v) is 2.62. The Balaban J connectivity index is 1.86. The number of aromatic amines is 1. The molecule has 0 radical (unpaired) electrons. The summed E-state index contributed by atoms with van der Waals surface area (Å²) in [6, 6.07) is 9.09. The van der Waals surface area contributed by atoms with Crippen LogP contribution in [0.4, 0.5) is 10.5 Å². The van der Waals surface area contributed by atoms with Gasteiger partial charge in [-0.25, -0.2) is 4.79 Å². The molecule has 2 atom stereocenters. The number of aromatic nitrogens is 1. The van der Waals surface area contributed by atoms with Crippen LogP contribution in [-0.2, 0) is 11.3 Å². The predicted octanol–water partition coefficient (Wildman–Crippen LogP) is 1.30. The Kier molecular flexibility index (Phi) is 7.24. The van der Waals surface area contributed by atoms with Crippen molar-refractivity contribution in [2.75, 3.05) is 6.54 Å². The normalized spacial score (nSPS) is 12.8. The van der Waals surface area contributed by atoms with Crippen LogP contribution in [0.2, 0.25) is 0 Å².